The minimum Gasteiger partial charge on any atom is -0.382 e. The molecule has 0 aromatic carbocycles. The summed E-state index contributed by atoms with van der Waals surface area (Å²) in [5.74, 6) is 0.635. The van der Waals surface area contributed by atoms with Gasteiger partial charge in [0.05, 0.1) is 6.61 Å². The first-order chi connectivity index (χ1) is 7.27. The van der Waals surface area contributed by atoms with Crippen molar-refractivity contribution in [1.82, 2.24) is 5.32 Å². The van der Waals surface area contributed by atoms with E-state index >= 15 is 0 Å². The van der Waals surface area contributed by atoms with Crippen molar-refractivity contribution >= 4 is 0 Å². The molecule has 0 rings (SSSR count). The number of unbranched alkanes of at least 4 members (excludes halogenated alkanes) is 1. The molecule has 0 amide bonds. The van der Waals surface area contributed by atoms with E-state index in [1.54, 1.807) is 0 Å². The number of nitrogens with one attached hydrogen (secondary N) is 1. The van der Waals surface area contributed by atoms with Crippen LogP contribution in [0.1, 0.15) is 33.6 Å². The molecule has 0 bridgehead atoms. The Balaban J connectivity index is 2.87. The van der Waals surface area contributed by atoms with Gasteiger partial charge >= 0.3 is 0 Å². The molecule has 0 fully saturated rings. The van der Waals surface area contributed by atoms with Gasteiger partial charge in [-0.3, -0.25) is 0 Å². The third-order valence-corrected chi connectivity index (χ3v) is 1.97. The molecule has 0 aliphatic heterocycles. The zero-order valence-corrected chi connectivity index (χ0v) is 10.6. The van der Waals surface area contributed by atoms with Gasteiger partial charge in [-0.2, -0.15) is 0 Å². The van der Waals surface area contributed by atoms with Crippen molar-refractivity contribution in [2.45, 2.75) is 33.6 Å². The zero-order valence-electron chi connectivity index (χ0n) is 10.6. The molecule has 0 saturated heterocycles. The van der Waals surface area contributed by atoms with Gasteiger partial charge in [-0.1, -0.05) is 13.8 Å². The van der Waals surface area contributed by atoms with Crippen LogP contribution in [0.15, 0.2) is 0 Å². The highest BCUT2D eigenvalue weighted by molar-refractivity contribution is 4.48. The van der Waals surface area contributed by atoms with Crippen molar-refractivity contribution < 1.29 is 9.47 Å². The molecule has 0 aliphatic rings. The molecule has 0 heterocycles. The van der Waals surface area contributed by atoms with Gasteiger partial charge in [0, 0.05) is 26.4 Å². The van der Waals surface area contributed by atoms with Gasteiger partial charge in [0.25, 0.3) is 0 Å². The van der Waals surface area contributed by atoms with Crippen LogP contribution in [0.4, 0.5) is 0 Å². The number of rotatable bonds is 11. The summed E-state index contributed by atoms with van der Waals surface area (Å²) < 4.78 is 10.7. The summed E-state index contributed by atoms with van der Waals surface area (Å²) in [6.45, 7) is 11.8. The predicted octanol–water partition coefficient (Wildman–Crippen LogP) is 2.07. The molecule has 92 valence electrons. The van der Waals surface area contributed by atoms with E-state index in [0.29, 0.717) is 5.92 Å². The summed E-state index contributed by atoms with van der Waals surface area (Å²) in [6, 6.07) is 0. The average molecular weight is 217 g/mol. The van der Waals surface area contributed by atoms with Gasteiger partial charge < -0.3 is 14.8 Å². The fourth-order valence-electron chi connectivity index (χ4n) is 1.19. The SMILES string of the molecule is CCOCCCCNCCOCC(C)C. The van der Waals surface area contributed by atoms with E-state index in [0.717, 1.165) is 45.9 Å². The Morgan fingerprint density at radius 1 is 1.00 bits per heavy atom. The lowest BCUT2D eigenvalue weighted by atomic mass is 10.2. The van der Waals surface area contributed by atoms with Crippen molar-refractivity contribution in [3.63, 3.8) is 0 Å². The van der Waals surface area contributed by atoms with Gasteiger partial charge in [-0.15, -0.1) is 0 Å². The first kappa shape index (κ1) is 14.9. The minimum atomic E-state index is 0.635. The maximum absolute atomic E-state index is 5.45. The molecular formula is C12H27NO2. The van der Waals surface area contributed by atoms with E-state index in [9.17, 15) is 0 Å². The second-order valence-electron chi connectivity index (χ2n) is 4.12. The maximum atomic E-state index is 5.45. The van der Waals surface area contributed by atoms with E-state index in [4.69, 9.17) is 9.47 Å². The molecule has 0 spiro atoms. The third kappa shape index (κ3) is 13.9. The second-order valence-corrected chi connectivity index (χ2v) is 4.12. The summed E-state index contributed by atoms with van der Waals surface area (Å²) in [7, 11) is 0. The van der Waals surface area contributed by atoms with Crippen LogP contribution in [0.2, 0.25) is 0 Å². The Bertz CT molecular complexity index is 118. The Kier molecular flexibility index (Phi) is 11.9. The number of ether oxygens (including phenoxy) is 2. The van der Waals surface area contributed by atoms with Gasteiger partial charge in [0.2, 0.25) is 0 Å². The van der Waals surface area contributed by atoms with Gasteiger partial charge in [-0.05, 0) is 32.2 Å². The Labute approximate surface area is 94.5 Å². The molecule has 0 atom stereocenters. The largest absolute Gasteiger partial charge is 0.382 e. The fraction of sp³-hybridized carbons (Fsp3) is 1.00. The lowest BCUT2D eigenvalue weighted by Gasteiger charge is -2.07. The van der Waals surface area contributed by atoms with E-state index in [1.165, 1.54) is 6.42 Å². The highest BCUT2D eigenvalue weighted by atomic mass is 16.5. The van der Waals surface area contributed by atoms with Gasteiger partial charge in [0.15, 0.2) is 0 Å². The monoisotopic (exact) mass is 217 g/mol. The van der Waals surface area contributed by atoms with Crippen LogP contribution in [0.5, 0.6) is 0 Å². The molecule has 0 unspecified atom stereocenters. The Morgan fingerprint density at radius 2 is 1.80 bits per heavy atom. The quantitative estimate of drug-likeness (QED) is 0.537. The fourth-order valence-corrected chi connectivity index (χ4v) is 1.19. The highest BCUT2D eigenvalue weighted by Gasteiger charge is 1.93. The molecular weight excluding hydrogens is 190 g/mol. The average Bonchev–Trinajstić information content (AvgIpc) is 2.20. The van der Waals surface area contributed by atoms with Gasteiger partial charge in [-0.25, -0.2) is 0 Å². The molecule has 0 radical (unpaired) electrons. The van der Waals surface area contributed by atoms with Crippen molar-refractivity contribution in [1.29, 1.82) is 0 Å². The summed E-state index contributed by atoms with van der Waals surface area (Å²) in [5, 5.41) is 3.36. The van der Waals surface area contributed by atoms with Crippen molar-refractivity contribution in [3.8, 4) is 0 Å². The molecule has 0 saturated carbocycles. The van der Waals surface area contributed by atoms with Crippen LogP contribution >= 0.6 is 0 Å². The summed E-state index contributed by atoms with van der Waals surface area (Å²) in [4.78, 5) is 0. The van der Waals surface area contributed by atoms with Crippen molar-refractivity contribution in [2.24, 2.45) is 5.92 Å². The molecule has 1 N–H and O–H groups in total. The van der Waals surface area contributed by atoms with Crippen LogP contribution in [0.25, 0.3) is 0 Å². The molecule has 0 aromatic heterocycles. The smallest absolute Gasteiger partial charge is 0.0591 e. The van der Waals surface area contributed by atoms with E-state index in [2.05, 4.69) is 19.2 Å². The summed E-state index contributed by atoms with van der Waals surface area (Å²) >= 11 is 0. The second kappa shape index (κ2) is 12.0. The number of hydrogen-bond acceptors (Lipinski definition) is 3. The van der Waals surface area contributed by atoms with Crippen LogP contribution in [-0.2, 0) is 9.47 Å². The van der Waals surface area contributed by atoms with Crippen molar-refractivity contribution in [3.05, 3.63) is 0 Å². The lowest BCUT2D eigenvalue weighted by Crippen LogP contribution is -2.22. The lowest BCUT2D eigenvalue weighted by molar-refractivity contribution is 0.111. The van der Waals surface area contributed by atoms with Crippen LogP contribution in [0.3, 0.4) is 0 Å². The van der Waals surface area contributed by atoms with Crippen molar-refractivity contribution in [2.75, 3.05) is 39.5 Å². The maximum Gasteiger partial charge on any atom is 0.0591 e. The van der Waals surface area contributed by atoms with Gasteiger partial charge in [0.1, 0.15) is 0 Å². The zero-order chi connectivity index (χ0) is 11.4. The van der Waals surface area contributed by atoms with Crippen LogP contribution in [0, 0.1) is 5.92 Å². The summed E-state index contributed by atoms with van der Waals surface area (Å²) in [6.07, 6.45) is 2.33. The molecule has 0 aliphatic carbocycles. The number of hydrogen-bond donors (Lipinski definition) is 1. The highest BCUT2D eigenvalue weighted by Crippen LogP contribution is 1.91. The van der Waals surface area contributed by atoms with E-state index in [1.807, 2.05) is 6.92 Å². The first-order valence-electron chi connectivity index (χ1n) is 6.13. The standard InChI is InChI=1S/C12H27NO2/c1-4-14-9-6-5-7-13-8-10-15-11-12(2)3/h12-13H,4-11H2,1-3H3. The third-order valence-electron chi connectivity index (χ3n) is 1.97. The predicted molar refractivity (Wildman–Crippen MR) is 64.3 cm³/mol. The topological polar surface area (TPSA) is 30.5 Å². The molecule has 0 aromatic rings. The first-order valence-corrected chi connectivity index (χ1v) is 6.13. The normalized spacial score (nSPS) is 11.2. The van der Waals surface area contributed by atoms with E-state index < -0.39 is 0 Å². The summed E-state index contributed by atoms with van der Waals surface area (Å²) in [5.41, 5.74) is 0. The molecule has 3 nitrogen and oxygen atoms in total. The molecule has 3 heteroatoms. The Hall–Kier alpha value is -0.120. The van der Waals surface area contributed by atoms with Crippen LogP contribution in [-0.4, -0.2) is 39.5 Å². The Morgan fingerprint density at radius 3 is 2.47 bits per heavy atom. The van der Waals surface area contributed by atoms with Crippen LogP contribution < -0.4 is 5.32 Å². The minimum absolute atomic E-state index is 0.635. The van der Waals surface area contributed by atoms with E-state index in [-0.39, 0.29) is 0 Å². The molecule has 15 heavy (non-hydrogen) atoms.